The highest BCUT2D eigenvalue weighted by Crippen LogP contribution is 2.41. The van der Waals surface area contributed by atoms with E-state index in [2.05, 4.69) is 25.8 Å². The molecule has 1 aromatic carbocycles. The minimum Gasteiger partial charge on any atom is -0.384 e. The number of imidazole rings is 1. The van der Waals surface area contributed by atoms with Crippen LogP contribution in [0.4, 0.5) is 15.9 Å². The molecule has 0 fully saturated rings. The normalized spacial score (nSPS) is 11.2. The van der Waals surface area contributed by atoms with E-state index in [-0.39, 0.29) is 10.7 Å². The molecule has 0 spiro atoms. The Balaban J connectivity index is 1.98. The Morgan fingerprint density at radius 3 is 2.96 bits per heavy atom. The SMILES string of the molecule is CNc1c(F)c(Cl)c(-c2ccc3nc(NC=O)cn3c2)c2cn[nH]c12. The number of H-pyrrole nitrogens is 1. The minimum absolute atomic E-state index is 0.00366. The van der Waals surface area contributed by atoms with E-state index in [1.54, 1.807) is 42.2 Å². The fraction of sp³-hybridized carbons (Fsp3) is 0.0625. The Kier molecular flexibility index (Phi) is 3.54. The molecule has 0 unspecified atom stereocenters. The van der Waals surface area contributed by atoms with Crippen LogP contribution in [0.25, 0.3) is 27.7 Å². The van der Waals surface area contributed by atoms with Crippen LogP contribution in [-0.2, 0) is 4.79 Å². The molecule has 4 rings (SSSR count). The lowest BCUT2D eigenvalue weighted by molar-refractivity contribution is -0.105. The topological polar surface area (TPSA) is 87.1 Å². The molecule has 0 bridgehead atoms. The first-order valence-corrected chi connectivity index (χ1v) is 7.73. The largest absolute Gasteiger partial charge is 0.384 e. The molecule has 0 radical (unpaired) electrons. The number of hydrogen-bond donors (Lipinski definition) is 3. The van der Waals surface area contributed by atoms with Crippen molar-refractivity contribution in [3.05, 3.63) is 41.6 Å². The van der Waals surface area contributed by atoms with Crippen LogP contribution in [0.1, 0.15) is 0 Å². The predicted molar refractivity (Wildman–Crippen MR) is 94.5 cm³/mol. The average molecular weight is 359 g/mol. The van der Waals surface area contributed by atoms with Gasteiger partial charge in [0.25, 0.3) is 0 Å². The van der Waals surface area contributed by atoms with Gasteiger partial charge in [-0.1, -0.05) is 11.6 Å². The molecule has 9 heteroatoms. The number of hydrogen-bond acceptors (Lipinski definition) is 4. The standard InChI is InChI=1S/C16H12ClFN6O/c1-19-16-14(18)13(17)12(9-4-21-23-15(9)16)8-2-3-11-22-10(20-7-25)6-24(11)5-8/h2-7,19H,1H3,(H,20,25)(H,21,23). The number of anilines is 2. The molecule has 4 aromatic rings. The number of carbonyl (C=O) groups is 1. The van der Waals surface area contributed by atoms with Crippen LogP contribution in [-0.4, -0.2) is 33.0 Å². The summed E-state index contributed by atoms with van der Waals surface area (Å²) in [6.07, 6.45) is 5.59. The van der Waals surface area contributed by atoms with E-state index in [0.29, 0.717) is 39.9 Å². The number of aromatic nitrogens is 4. The third-order valence-electron chi connectivity index (χ3n) is 3.99. The molecule has 3 N–H and O–H groups in total. The van der Waals surface area contributed by atoms with Gasteiger partial charge in [0.1, 0.15) is 5.65 Å². The van der Waals surface area contributed by atoms with Crippen molar-refractivity contribution in [1.82, 2.24) is 19.6 Å². The van der Waals surface area contributed by atoms with Crippen LogP contribution in [0.5, 0.6) is 0 Å². The maximum atomic E-state index is 14.7. The van der Waals surface area contributed by atoms with Crippen LogP contribution in [0.3, 0.4) is 0 Å². The van der Waals surface area contributed by atoms with Gasteiger partial charge in [0.15, 0.2) is 11.6 Å². The van der Waals surface area contributed by atoms with E-state index in [4.69, 9.17) is 11.6 Å². The molecule has 7 nitrogen and oxygen atoms in total. The molecule has 25 heavy (non-hydrogen) atoms. The Labute approximate surface area is 145 Å². The summed E-state index contributed by atoms with van der Waals surface area (Å²) in [4.78, 5) is 14.8. The fourth-order valence-corrected chi connectivity index (χ4v) is 3.21. The summed E-state index contributed by atoms with van der Waals surface area (Å²) >= 11 is 6.31. The first-order valence-electron chi connectivity index (χ1n) is 7.35. The van der Waals surface area contributed by atoms with Gasteiger partial charge in [-0.3, -0.25) is 9.89 Å². The molecular weight excluding hydrogens is 347 g/mol. The Hall–Kier alpha value is -3.13. The molecule has 0 aliphatic carbocycles. The number of halogens is 2. The summed E-state index contributed by atoms with van der Waals surface area (Å²) in [7, 11) is 1.62. The molecule has 126 valence electrons. The highest BCUT2D eigenvalue weighted by molar-refractivity contribution is 6.36. The number of fused-ring (bicyclic) bond motifs is 2. The molecule has 0 atom stereocenters. The number of amides is 1. The fourth-order valence-electron chi connectivity index (χ4n) is 2.90. The number of rotatable bonds is 4. The van der Waals surface area contributed by atoms with Crippen molar-refractivity contribution >= 4 is 46.1 Å². The van der Waals surface area contributed by atoms with Crippen LogP contribution < -0.4 is 10.6 Å². The molecule has 3 heterocycles. The Morgan fingerprint density at radius 1 is 1.36 bits per heavy atom. The van der Waals surface area contributed by atoms with Crippen LogP contribution in [0, 0.1) is 5.82 Å². The van der Waals surface area contributed by atoms with E-state index in [0.717, 1.165) is 0 Å². The van der Waals surface area contributed by atoms with Gasteiger partial charge in [-0.15, -0.1) is 0 Å². The highest BCUT2D eigenvalue weighted by atomic mass is 35.5. The van der Waals surface area contributed by atoms with Crippen molar-refractivity contribution in [3.8, 4) is 11.1 Å². The first kappa shape index (κ1) is 15.4. The monoisotopic (exact) mass is 358 g/mol. The zero-order valence-electron chi connectivity index (χ0n) is 13.0. The molecule has 3 aromatic heterocycles. The second-order valence-electron chi connectivity index (χ2n) is 5.36. The van der Waals surface area contributed by atoms with Crippen molar-refractivity contribution in [3.63, 3.8) is 0 Å². The average Bonchev–Trinajstić information content (AvgIpc) is 3.22. The molecule has 0 aliphatic heterocycles. The number of benzene rings is 1. The number of aromatic amines is 1. The summed E-state index contributed by atoms with van der Waals surface area (Å²) < 4.78 is 16.4. The predicted octanol–water partition coefficient (Wildman–Crippen LogP) is 3.28. The van der Waals surface area contributed by atoms with Crippen molar-refractivity contribution in [2.45, 2.75) is 0 Å². The van der Waals surface area contributed by atoms with Gasteiger partial charge in [-0.2, -0.15) is 5.10 Å². The molecule has 0 saturated carbocycles. The van der Waals surface area contributed by atoms with E-state index < -0.39 is 5.82 Å². The minimum atomic E-state index is -0.551. The maximum Gasteiger partial charge on any atom is 0.212 e. The Bertz CT molecular complexity index is 1120. The van der Waals surface area contributed by atoms with Gasteiger partial charge in [0.05, 0.1) is 28.6 Å². The van der Waals surface area contributed by atoms with Crippen molar-refractivity contribution in [2.24, 2.45) is 0 Å². The lowest BCUT2D eigenvalue weighted by atomic mass is 10.0. The van der Waals surface area contributed by atoms with Gasteiger partial charge in [-0.05, 0) is 12.1 Å². The van der Waals surface area contributed by atoms with Crippen LogP contribution >= 0.6 is 11.6 Å². The second kappa shape index (κ2) is 5.75. The zero-order valence-corrected chi connectivity index (χ0v) is 13.7. The van der Waals surface area contributed by atoms with Gasteiger partial charge in [0, 0.05) is 29.8 Å². The number of nitrogens with one attached hydrogen (secondary N) is 3. The summed E-state index contributed by atoms with van der Waals surface area (Å²) in [6, 6.07) is 3.55. The summed E-state index contributed by atoms with van der Waals surface area (Å²) in [6.45, 7) is 0. The number of pyridine rings is 1. The molecule has 0 aliphatic rings. The summed E-state index contributed by atoms with van der Waals surface area (Å²) in [5, 5.41) is 12.8. The van der Waals surface area contributed by atoms with Gasteiger partial charge < -0.3 is 15.0 Å². The number of nitrogens with zero attached hydrogens (tertiary/aromatic N) is 3. The lowest BCUT2D eigenvalue weighted by Gasteiger charge is -2.12. The van der Waals surface area contributed by atoms with E-state index >= 15 is 0 Å². The summed E-state index contributed by atoms with van der Waals surface area (Å²) in [5.74, 6) is -0.131. The van der Waals surface area contributed by atoms with Crippen molar-refractivity contribution in [2.75, 3.05) is 17.7 Å². The molecule has 1 amide bonds. The van der Waals surface area contributed by atoms with Gasteiger partial charge >= 0.3 is 0 Å². The van der Waals surface area contributed by atoms with E-state index in [1.807, 2.05) is 0 Å². The maximum absolute atomic E-state index is 14.7. The molecular formula is C16H12ClFN6O. The van der Waals surface area contributed by atoms with Gasteiger partial charge in [-0.25, -0.2) is 9.37 Å². The smallest absolute Gasteiger partial charge is 0.212 e. The second-order valence-corrected chi connectivity index (χ2v) is 5.74. The van der Waals surface area contributed by atoms with Crippen molar-refractivity contribution < 1.29 is 9.18 Å². The highest BCUT2D eigenvalue weighted by Gasteiger charge is 2.20. The van der Waals surface area contributed by atoms with Gasteiger partial charge in [0.2, 0.25) is 6.41 Å². The van der Waals surface area contributed by atoms with Crippen molar-refractivity contribution in [1.29, 1.82) is 0 Å². The summed E-state index contributed by atoms with van der Waals surface area (Å²) in [5.41, 5.74) is 2.67. The zero-order chi connectivity index (χ0) is 17.6. The third kappa shape index (κ3) is 2.30. The molecule has 0 saturated heterocycles. The quantitative estimate of drug-likeness (QED) is 0.488. The lowest BCUT2D eigenvalue weighted by Crippen LogP contribution is -1.97. The van der Waals surface area contributed by atoms with Crippen LogP contribution in [0.15, 0.2) is 30.7 Å². The van der Waals surface area contributed by atoms with Crippen LogP contribution in [0.2, 0.25) is 5.02 Å². The van der Waals surface area contributed by atoms with E-state index in [9.17, 15) is 9.18 Å². The van der Waals surface area contributed by atoms with E-state index in [1.165, 1.54) is 0 Å². The first-order chi connectivity index (χ1) is 12.1. The number of carbonyl (C=O) groups excluding carboxylic acids is 1. The third-order valence-corrected chi connectivity index (χ3v) is 4.34. The Morgan fingerprint density at radius 2 is 2.20 bits per heavy atom.